The predicted octanol–water partition coefficient (Wildman–Crippen LogP) is 3.72. The van der Waals surface area contributed by atoms with Crippen molar-refractivity contribution in [2.24, 2.45) is 0 Å². The summed E-state index contributed by atoms with van der Waals surface area (Å²) in [6.45, 7) is 0.467. The number of anilines is 3. The van der Waals surface area contributed by atoms with Crippen LogP contribution in [-0.2, 0) is 19.6 Å². The van der Waals surface area contributed by atoms with Gasteiger partial charge in [-0.25, -0.2) is 8.42 Å². The number of carbonyl (C=O) groups is 2. The topological polar surface area (TPSA) is 96.0 Å². The van der Waals surface area contributed by atoms with Gasteiger partial charge in [0.1, 0.15) is 9.96 Å². The Hall–Kier alpha value is -3.37. The standard InChI is InChI=1S/C23H23N3O5S2/c1-25(33(29,30)23-8-4-14-32-23)18-9-11-20(12-10-18)31-16-21(27)24-17-5-2-6-19(15-17)26-13-3-7-22(26)28/h2,4-6,8-12,14-15H,3,7,13,16H2,1H3,(H,24,27). The van der Waals surface area contributed by atoms with Gasteiger partial charge in [0, 0.05) is 31.4 Å². The first-order valence-corrected chi connectivity index (χ1v) is 12.6. The van der Waals surface area contributed by atoms with E-state index in [0.717, 1.165) is 23.4 Å². The summed E-state index contributed by atoms with van der Waals surface area (Å²) in [6, 6.07) is 16.9. The van der Waals surface area contributed by atoms with Gasteiger partial charge in [-0.2, -0.15) is 0 Å². The fraction of sp³-hybridized carbons (Fsp3) is 0.217. The summed E-state index contributed by atoms with van der Waals surface area (Å²) in [6.07, 6.45) is 1.37. The van der Waals surface area contributed by atoms with Gasteiger partial charge in [0.25, 0.3) is 15.9 Å². The smallest absolute Gasteiger partial charge is 0.273 e. The largest absolute Gasteiger partial charge is 0.484 e. The van der Waals surface area contributed by atoms with E-state index in [4.69, 9.17) is 4.74 Å². The molecule has 1 saturated heterocycles. The highest BCUT2D eigenvalue weighted by Gasteiger charge is 2.23. The number of carbonyl (C=O) groups excluding carboxylic acids is 2. The lowest BCUT2D eigenvalue weighted by Gasteiger charge is -2.18. The number of sulfonamides is 1. The number of hydrogen-bond donors (Lipinski definition) is 1. The van der Waals surface area contributed by atoms with Gasteiger partial charge >= 0.3 is 0 Å². The Bertz CT molecular complexity index is 1240. The molecule has 4 rings (SSSR count). The number of benzene rings is 2. The molecule has 1 N–H and O–H groups in total. The summed E-state index contributed by atoms with van der Waals surface area (Å²) in [4.78, 5) is 26.0. The van der Waals surface area contributed by atoms with Crippen molar-refractivity contribution in [1.29, 1.82) is 0 Å². The molecule has 0 bridgehead atoms. The molecular weight excluding hydrogens is 462 g/mol. The van der Waals surface area contributed by atoms with Crippen LogP contribution in [0.25, 0.3) is 0 Å². The van der Waals surface area contributed by atoms with Gasteiger partial charge in [-0.1, -0.05) is 12.1 Å². The van der Waals surface area contributed by atoms with Gasteiger partial charge in [0.05, 0.1) is 5.69 Å². The molecule has 1 fully saturated rings. The Morgan fingerprint density at radius 1 is 1.15 bits per heavy atom. The fourth-order valence-corrected chi connectivity index (χ4v) is 5.81. The van der Waals surface area contributed by atoms with Crippen LogP contribution in [0.4, 0.5) is 17.1 Å². The molecule has 172 valence electrons. The number of ether oxygens (including phenoxy) is 1. The summed E-state index contributed by atoms with van der Waals surface area (Å²) in [7, 11) is -2.12. The Morgan fingerprint density at radius 2 is 1.94 bits per heavy atom. The molecular formula is C23H23N3O5S2. The van der Waals surface area contributed by atoms with E-state index in [1.165, 1.54) is 11.4 Å². The third-order valence-electron chi connectivity index (χ3n) is 5.20. The Kier molecular flexibility index (Phi) is 6.66. The predicted molar refractivity (Wildman–Crippen MR) is 129 cm³/mol. The molecule has 8 nitrogen and oxygen atoms in total. The van der Waals surface area contributed by atoms with Crippen LogP contribution in [0.1, 0.15) is 12.8 Å². The van der Waals surface area contributed by atoms with Crippen LogP contribution >= 0.6 is 11.3 Å². The molecule has 2 aromatic carbocycles. The monoisotopic (exact) mass is 485 g/mol. The molecule has 0 aliphatic carbocycles. The molecule has 3 aromatic rings. The van der Waals surface area contributed by atoms with Gasteiger partial charge < -0.3 is 15.0 Å². The zero-order valence-corrected chi connectivity index (χ0v) is 19.6. The Balaban J connectivity index is 1.33. The Labute approximate surface area is 196 Å². The molecule has 2 heterocycles. The van der Waals surface area contributed by atoms with Crippen molar-refractivity contribution in [3.8, 4) is 5.75 Å². The van der Waals surface area contributed by atoms with Crippen molar-refractivity contribution < 1.29 is 22.7 Å². The lowest BCUT2D eigenvalue weighted by molar-refractivity contribution is -0.118. The minimum atomic E-state index is -3.61. The molecule has 1 aliphatic rings. The molecule has 1 aromatic heterocycles. The van der Waals surface area contributed by atoms with Crippen LogP contribution in [0.15, 0.2) is 70.3 Å². The summed E-state index contributed by atoms with van der Waals surface area (Å²) in [5, 5.41) is 4.48. The SMILES string of the molecule is CN(c1ccc(OCC(=O)Nc2cccc(N3CCCC3=O)c2)cc1)S(=O)(=O)c1cccs1. The van der Waals surface area contributed by atoms with Crippen molar-refractivity contribution >= 4 is 50.2 Å². The second kappa shape index (κ2) is 9.63. The molecule has 33 heavy (non-hydrogen) atoms. The first-order chi connectivity index (χ1) is 15.8. The zero-order valence-electron chi connectivity index (χ0n) is 17.9. The number of hydrogen-bond acceptors (Lipinski definition) is 6. The molecule has 0 unspecified atom stereocenters. The first-order valence-electron chi connectivity index (χ1n) is 10.3. The van der Waals surface area contributed by atoms with Gasteiger partial charge in [0.15, 0.2) is 6.61 Å². The van der Waals surface area contributed by atoms with Crippen LogP contribution in [0.5, 0.6) is 5.75 Å². The highest BCUT2D eigenvalue weighted by atomic mass is 32.2. The van der Waals surface area contributed by atoms with E-state index in [1.807, 2.05) is 6.07 Å². The highest BCUT2D eigenvalue weighted by Crippen LogP contribution is 2.27. The van der Waals surface area contributed by atoms with E-state index in [1.54, 1.807) is 64.9 Å². The summed E-state index contributed by atoms with van der Waals surface area (Å²) >= 11 is 1.16. The molecule has 0 radical (unpaired) electrons. The van der Waals surface area contributed by atoms with E-state index < -0.39 is 10.0 Å². The zero-order chi connectivity index (χ0) is 23.4. The van der Waals surface area contributed by atoms with Gasteiger partial charge in [-0.15, -0.1) is 11.3 Å². The third kappa shape index (κ3) is 5.18. The summed E-state index contributed by atoms with van der Waals surface area (Å²) < 4.78 is 32.3. The van der Waals surface area contributed by atoms with E-state index in [2.05, 4.69) is 5.32 Å². The summed E-state index contributed by atoms with van der Waals surface area (Å²) in [5.74, 6) is 0.174. The van der Waals surface area contributed by atoms with Crippen LogP contribution in [0.2, 0.25) is 0 Å². The van der Waals surface area contributed by atoms with Gasteiger partial charge in [-0.05, 0) is 60.3 Å². The van der Waals surface area contributed by atoms with Crippen molar-refractivity contribution in [3.05, 3.63) is 66.0 Å². The lowest BCUT2D eigenvalue weighted by Crippen LogP contribution is -2.25. The summed E-state index contributed by atoms with van der Waals surface area (Å²) in [5.41, 5.74) is 1.82. The van der Waals surface area contributed by atoms with E-state index in [0.29, 0.717) is 30.1 Å². The van der Waals surface area contributed by atoms with Crippen molar-refractivity contribution in [3.63, 3.8) is 0 Å². The highest BCUT2D eigenvalue weighted by molar-refractivity contribution is 7.94. The van der Waals surface area contributed by atoms with Crippen molar-refractivity contribution in [2.45, 2.75) is 17.1 Å². The average molecular weight is 486 g/mol. The van der Waals surface area contributed by atoms with Crippen LogP contribution in [0.3, 0.4) is 0 Å². The number of amides is 2. The Morgan fingerprint density at radius 3 is 2.61 bits per heavy atom. The maximum atomic E-state index is 12.6. The van der Waals surface area contributed by atoms with Crippen LogP contribution in [0, 0.1) is 0 Å². The van der Waals surface area contributed by atoms with Crippen molar-refractivity contribution in [1.82, 2.24) is 0 Å². The number of thiophene rings is 1. The molecule has 0 saturated carbocycles. The second-order valence-corrected chi connectivity index (χ2v) is 10.6. The lowest BCUT2D eigenvalue weighted by atomic mass is 10.2. The first kappa shape index (κ1) is 22.8. The number of nitrogens with one attached hydrogen (secondary N) is 1. The molecule has 0 spiro atoms. The quantitative estimate of drug-likeness (QED) is 0.525. The van der Waals surface area contributed by atoms with Crippen molar-refractivity contribution in [2.75, 3.05) is 34.7 Å². The number of nitrogens with zero attached hydrogens (tertiary/aromatic N) is 2. The maximum absolute atomic E-state index is 12.6. The minimum absolute atomic E-state index is 0.0825. The number of rotatable bonds is 8. The average Bonchev–Trinajstić information content (AvgIpc) is 3.50. The molecule has 0 atom stereocenters. The minimum Gasteiger partial charge on any atom is -0.484 e. The maximum Gasteiger partial charge on any atom is 0.273 e. The van der Waals surface area contributed by atoms with Crippen LogP contribution < -0.4 is 19.3 Å². The van der Waals surface area contributed by atoms with Gasteiger partial charge in [0.2, 0.25) is 5.91 Å². The second-order valence-electron chi connectivity index (χ2n) is 7.43. The van der Waals surface area contributed by atoms with E-state index in [-0.39, 0.29) is 22.6 Å². The third-order valence-corrected chi connectivity index (χ3v) is 8.35. The normalized spacial score (nSPS) is 13.7. The van der Waals surface area contributed by atoms with E-state index >= 15 is 0 Å². The molecule has 2 amide bonds. The van der Waals surface area contributed by atoms with Gasteiger partial charge in [-0.3, -0.25) is 13.9 Å². The fourth-order valence-electron chi connectivity index (χ4n) is 3.45. The van der Waals surface area contributed by atoms with Crippen LogP contribution in [-0.4, -0.2) is 40.4 Å². The molecule has 10 heteroatoms. The molecule has 1 aliphatic heterocycles. The van der Waals surface area contributed by atoms with E-state index in [9.17, 15) is 18.0 Å².